The van der Waals surface area contributed by atoms with Crippen LogP contribution in [-0.4, -0.2) is 43.8 Å². The van der Waals surface area contributed by atoms with E-state index in [2.05, 4.69) is 25.9 Å². The molecule has 3 N–H and O–H groups in total. The van der Waals surface area contributed by atoms with E-state index in [1.165, 1.54) is 0 Å². The van der Waals surface area contributed by atoms with E-state index in [1.54, 1.807) is 18.2 Å². The van der Waals surface area contributed by atoms with E-state index in [9.17, 15) is 9.90 Å². The van der Waals surface area contributed by atoms with Crippen molar-refractivity contribution in [3.8, 4) is 11.4 Å². The molecule has 1 aliphatic rings. The Morgan fingerprint density at radius 1 is 1.33 bits per heavy atom. The van der Waals surface area contributed by atoms with Crippen molar-refractivity contribution in [2.75, 3.05) is 0 Å². The molecule has 7 nitrogen and oxygen atoms in total. The first-order valence-corrected chi connectivity index (χ1v) is 7.07. The van der Waals surface area contributed by atoms with Crippen LogP contribution < -0.4 is 5.32 Å². The summed E-state index contributed by atoms with van der Waals surface area (Å²) >= 11 is 0. The lowest BCUT2D eigenvalue weighted by atomic mass is 9.92. The second-order valence-corrected chi connectivity index (χ2v) is 5.25. The fraction of sp³-hybridized carbons (Fsp3) is 0.429. The Kier molecular flexibility index (Phi) is 3.92. The maximum absolute atomic E-state index is 12.3. The number of aliphatic hydroxyl groups excluding tert-OH is 1. The summed E-state index contributed by atoms with van der Waals surface area (Å²) in [5.41, 5.74) is 1.25. The zero-order valence-corrected chi connectivity index (χ0v) is 11.5. The summed E-state index contributed by atoms with van der Waals surface area (Å²) in [7, 11) is 0. The molecule has 110 valence electrons. The van der Waals surface area contributed by atoms with Gasteiger partial charge in [0.15, 0.2) is 0 Å². The van der Waals surface area contributed by atoms with Crippen LogP contribution in [0.1, 0.15) is 36.0 Å². The van der Waals surface area contributed by atoms with Gasteiger partial charge in [0.25, 0.3) is 5.91 Å². The normalized spacial score (nSPS) is 22.0. The van der Waals surface area contributed by atoms with Gasteiger partial charge in [-0.2, -0.15) is 5.21 Å². The van der Waals surface area contributed by atoms with Crippen LogP contribution in [0.4, 0.5) is 0 Å². The third kappa shape index (κ3) is 3.08. The number of hydrogen-bond acceptors (Lipinski definition) is 5. The fourth-order valence-electron chi connectivity index (χ4n) is 2.61. The minimum Gasteiger partial charge on any atom is -0.391 e. The molecule has 1 aromatic heterocycles. The Bertz CT molecular complexity index is 614. The molecule has 0 saturated heterocycles. The van der Waals surface area contributed by atoms with Gasteiger partial charge in [-0.15, -0.1) is 10.2 Å². The van der Waals surface area contributed by atoms with Crippen molar-refractivity contribution in [1.29, 1.82) is 0 Å². The van der Waals surface area contributed by atoms with Crippen LogP contribution >= 0.6 is 0 Å². The van der Waals surface area contributed by atoms with Crippen molar-refractivity contribution in [2.24, 2.45) is 0 Å². The van der Waals surface area contributed by atoms with Crippen LogP contribution in [0.3, 0.4) is 0 Å². The van der Waals surface area contributed by atoms with Gasteiger partial charge in [0.05, 0.1) is 12.1 Å². The predicted molar refractivity (Wildman–Crippen MR) is 75.3 cm³/mol. The molecule has 1 aliphatic carbocycles. The third-order valence-corrected chi connectivity index (χ3v) is 3.77. The number of carbonyl (C=O) groups is 1. The van der Waals surface area contributed by atoms with E-state index >= 15 is 0 Å². The molecule has 3 rings (SSSR count). The first-order chi connectivity index (χ1) is 10.2. The Labute approximate surface area is 121 Å². The lowest BCUT2D eigenvalue weighted by Gasteiger charge is -2.28. The zero-order valence-electron chi connectivity index (χ0n) is 11.5. The van der Waals surface area contributed by atoms with Gasteiger partial charge in [0.2, 0.25) is 5.82 Å². The predicted octanol–water partition coefficient (Wildman–Crippen LogP) is 0.900. The van der Waals surface area contributed by atoms with Crippen molar-refractivity contribution in [3.63, 3.8) is 0 Å². The van der Waals surface area contributed by atoms with Crippen molar-refractivity contribution < 1.29 is 9.90 Å². The number of rotatable bonds is 3. The first kappa shape index (κ1) is 13.7. The number of aromatic amines is 1. The monoisotopic (exact) mass is 287 g/mol. The standard InChI is InChI=1S/C14H17N5O2/c20-12-7-2-1-6-11(12)15-14(21)10-5-3-4-9(8-10)13-16-18-19-17-13/h3-5,8,11-12,20H,1-2,6-7H2,(H,15,21)(H,16,17,18,19)/t11-,12-/m1/s1. The van der Waals surface area contributed by atoms with Crippen LogP contribution in [-0.2, 0) is 0 Å². The molecule has 7 heteroatoms. The Hall–Kier alpha value is -2.28. The number of benzene rings is 1. The Balaban J connectivity index is 1.74. The molecule has 1 saturated carbocycles. The van der Waals surface area contributed by atoms with Gasteiger partial charge < -0.3 is 10.4 Å². The van der Waals surface area contributed by atoms with Crippen LogP contribution in [0.25, 0.3) is 11.4 Å². The van der Waals surface area contributed by atoms with E-state index in [0.29, 0.717) is 11.4 Å². The van der Waals surface area contributed by atoms with Crippen LogP contribution in [0.2, 0.25) is 0 Å². The Morgan fingerprint density at radius 3 is 2.95 bits per heavy atom. The number of H-pyrrole nitrogens is 1. The lowest BCUT2D eigenvalue weighted by Crippen LogP contribution is -2.45. The van der Waals surface area contributed by atoms with Crippen LogP contribution in [0.5, 0.6) is 0 Å². The van der Waals surface area contributed by atoms with Gasteiger partial charge >= 0.3 is 0 Å². The van der Waals surface area contributed by atoms with Gasteiger partial charge in [-0.3, -0.25) is 4.79 Å². The highest BCUT2D eigenvalue weighted by atomic mass is 16.3. The van der Waals surface area contributed by atoms with E-state index in [-0.39, 0.29) is 11.9 Å². The lowest BCUT2D eigenvalue weighted by molar-refractivity contribution is 0.0717. The molecule has 1 fully saturated rings. The maximum Gasteiger partial charge on any atom is 0.251 e. The highest BCUT2D eigenvalue weighted by Gasteiger charge is 2.24. The molecular weight excluding hydrogens is 270 g/mol. The molecule has 21 heavy (non-hydrogen) atoms. The number of aliphatic hydroxyl groups is 1. The number of aromatic nitrogens is 4. The molecule has 1 amide bonds. The zero-order chi connectivity index (χ0) is 14.7. The van der Waals surface area contributed by atoms with E-state index < -0.39 is 6.10 Å². The van der Waals surface area contributed by atoms with E-state index in [4.69, 9.17) is 0 Å². The largest absolute Gasteiger partial charge is 0.391 e. The molecule has 0 aliphatic heterocycles. The number of tetrazole rings is 1. The summed E-state index contributed by atoms with van der Waals surface area (Å²) in [6.07, 6.45) is 3.15. The fourth-order valence-corrected chi connectivity index (χ4v) is 2.61. The minimum atomic E-state index is -0.455. The maximum atomic E-state index is 12.3. The van der Waals surface area contributed by atoms with Gasteiger partial charge in [-0.05, 0) is 30.2 Å². The summed E-state index contributed by atoms with van der Waals surface area (Å²) in [6.45, 7) is 0. The average Bonchev–Trinajstić information content (AvgIpc) is 3.04. The van der Waals surface area contributed by atoms with Crippen molar-refractivity contribution in [2.45, 2.75) is 37.8 Å². The highest BCUT2D eigenvalue weighted by molar-refractivity contribution is 5.95. The van der Waals surface area contributed by atoms with Crippen molar-refractivity contribution in [1.82, 2.24) is 25.9 Å². The second-order valence-electron chi connectivity index (χ2n) is 5.25. The average molecular weight is 287 g/mol. The second kappa shape index (κ2) is 6.01. The molecule has 1 heterocycles. The molecule has 2 aromatic rings. The topological polar surface area (TPSA) is 104 Å². The van der Waals surface area contributed by atoms with Gasteiger partial charge in [0.1, 0.15) is 0 Å². The van der Waals surface area contributed by atoms with E-state index in [0.717, 1.165) is 31.2 Å². The molecule has 0 spiro atoms. The summed E-state index contributed by atoms with van der Waals surface area (Å²) in [6, 6.07) is 6.87. The number of hydrogen-bond donors (Lipinski definition) is 3. The summed E-state index contributed by atoms with van der Waals surface area (Å²) < 4.78 is 0. The first-order valence-electron chi connectivity index (χ1n) is 7.07. The van der Waals surface area contributed by atoms with Gasteiger partial charge in [0, 0.05) is 11.1 Å². The quantitative estimate of drug-likeness (QED) is 0.778. The smallest absolute Gasteiger partial charge is 0.251 e. The molecule has 0 unspecified atom stereocenters. The molecule has 1 aromatic carbocycles. The minimum absolute atomic E-state index is 0.167. The third-order valence-electron chi connectivity index (χ3n) is 3.77. The summed E-state index contributed by atoms with van der Waals surface area (Å²) in [5, 5.41) is 26.5. The number of nitrogens with one attached hydrogen (secondary N) is 2. The molecular formula is C14H17N5O2. The molecule has 0 radical (unpaired) electrons. The van der Waals surface area contributed by atoms with Crippen LogP contribution in [0.15, 0.2) is 24.3 Å². The Morgan fingerprint density at radius 2 is 2.19 bits per heavy atom. The molecule has 2 atom stereocenters. The van der Waals surface area contributed by atoms with Gasteiger partial charge in [-0.1, -0.05) is 25.0 Å². The van der Waals surface area contributed by atoms with Crippen LogP contribution in [0, 0.1) is 0 Å². The van der Waals surface area contributed by atoms with Gasteiger partial charge in [-0.25, -0.2) is 0 Å². The van der Waals surface area contributed by atoms with E-state index in [1.807, 2.05) is 6.07 Å². The number of nitrogens with zero attached hydrogens (tertiary/aromatic N) is 3. The number of amides is 1. The summed E-state index contributed by atoms with van der Waals surface area (Å²) in [5.74, 6) is 0.258. The number of carbonyl (C=O) groups excluding carboxylic acids is 1. The summed E-state index contributed by atoms with van der Waals surface area (Å²) in [4.78, 5) is 12.3. The molecule has 0 bridgehead atoms. The SMILES string of the molecule is O=C(N[C@@H]1CCCC[C@H]1O)c1cccc(-c2nn[nH]n2)c1. The van der Waals surface area contributed by atoms with Crippen molar-refractivity contribution >= 4 is 5.91 Å². The van der Waals surface area contributed by atoms with Crippen molar-refractivity contribution in [3.05, 3.63) is 29.8 Å². The highest BCUT2D eigenvalue weighted by Crippen LogP contribution is 2.19.